The summed E-state index contributed by atoms with van der Waals surface area (Å²) in [4.78, 5) is 32.2. The first-order chi connectivity index (χ1) is 24.8. The Morgan fingerprint density at radius 3 is 2.17 bits per heavy atom. The second-order valence-electron chi connectivity index (χ2n) is 13.8. The zero-order valence-electron chi connectivity index (χ0n) is 30.1. The highest BCUT2D eigenvalue weighted by atomic mass is 32.2. The number of para-hydroxylation sites is 1. The van der Waals surface area contributed by atoms with Gasteiger partial charge in [-0.05, 0) is 104 Å². The third kappa shape index (κ3) is 6.24. The first kappa shape index (κ1) is 35.0. The van der Waals surface area contributed by atoms with E-state index in [4.69, 9.17) is 0 Å². The molecular formula is C41H43N5O5S. The van der Waals surface area contributed by atoms with Crippen LogP contribution in [-0.4, -0.2) is 65.8 Å². The summed E-state index contributed by atoms with van der Waals surface area (Å²) < 4.78 is 32.4. The molecule has 1 aromatic heterocycles. The van der Waals surface area contributed by atoms with E-state index in [1.807, 2.05) is 72.0 Å². The van der Waals surface area contributed by atoms with Gasteiger partial charge in [0.25, 0.3) is 11.8 Å². The molecule has 2 aliphatic rings. The van der Waals surface area contributed by atoms with Gasteiger partial charge in [-0.2, -0.15) is 12.7 Å². The lowest BCUT2D eigenvalue weighted by Crippen LogP contribution is -2.45. The van der Waals surface area contributed by atoms with Gasteiger partial charge < -0.3 is 19.5 Å². The fourth-order valence-electron chi connectivity index (χ4n) is 7.37. The minimum atomic E-state index is -3.86. The van der Waals surface area contributed by atoms with Crippen molar-refractivity contribution < 1.29 is 23.1 Å². The maximum atomic E-state index is 14.8. The third-order valence-corrected chi connectivity index (χ3v) is 12.6. The number of aromatic nitrogens is 1. The summed E-state index contributed by atoms with van der Waals surface area (Å²) in [6.45, 7) is 4.81. The normalized spacial score (nSPS) is 15.9. The molecule has 0 fully saturated rings. The molecular weight excluding hydrogens is 675 g/mol. The van der Waals surface area contributed by atoms with Crippen LogP contribution in [0.1, 0.15) is 55.6 Å². The van der Waals surface area contributed by atoms with E-state index >= 15 is 0 Å². The second-order valence-corrected chi connectivity index (χ2v) is 15.7. The minimum absolute atomic E-state index is 0.0612. The Morgan fingerprint density at radius 2 is 1.46 bits per heavy atom. The van der Waals surface area contributed by atoms with Crippen LogP contribution in [-0.2, 0) is 43.2 Å². The lowest BCUT2D eigenvalue weighted by molar-refractivity contribution is 0.0658. The molecule has 0 spiro atoms. The molecule has 1 atom stereocenters. The highest BCUT2D eigenvalue weighted by Crippen LogP contribution is 2.36. The number of carbonyl (C=O) groups is 2. The quantitative estimate of drug-likeness (QED) is 0.213. The average Bonchev–Trinajstić information content (AvgIpc) is 3.46. The molecule has 0 unspecified atom stereocenters. The molecule has 268 valence electrons. The molecule has 0 radical (unpaired) electrons. The van der Waals surface area contributed by atoms with E-state index in [2.05, 4.69) is 19.1 Å². The van der Waals surface area contributed by atoms with E-state index in [0.29, 0.717) is 41.0 Å². The molecule has 0 bridgehead atoms. The summed E-state index contributed by atoms with van der Waals surface area (Å²) in [6.07, 6.45) is 1.19. The van der Waals surface area contributed by atoms with E-state index in [1.165, 1.54) is 14.2 Å². The largest absolute Gasteiger partial charge is 0.508 e. The van der Waals surface area contributed by atoms with Gasteiger partial charge in [-0.15, -0.1) is 0 Å². The average molecular weight is 718 g/mol. The molecule has 0 saturated carbocycles. The first-order valence-corrected chi connectivity index (χ1v) is 18.8. The van der Waals surface area contributed by atoms with E-state index < -0.39 is 10.2 Å². The highest BCUT2D eigenvalue weighted by molar-refractivity contribution is 7.90. The summed E-state index contributed by atoms with van der Waals surface area (Å²) in [7, 11) is 1.29. The number of rotatable bonds is 7. The minimum Gasteiger partial charge on any atom is -0.508 e. The smallest absolute Gasteiger partial charge is 0.304 e. The van der Waals surface area contributed by atoms with Gasteiger partial charge in [0.15, 0.2) is 0 Å². The van der Waals surface area contributed by atoms with Crippen LogP contribution in [0.3, 0.4) is 0 Å². The fraction of sp³-hybridized carbons (Fsp3) is 0.268. The number of nitrogens with zero attached hydrogens (tertiary/aromatic N) is 5. The topological polar surface area (TPSA) is 106 Å². The number of phenols is 1. The Balaban J connectivity index is 1.30. The van der Waals surface area contributed by atoms with Crippen LogP contribution in [0.25, 0.3) is 11.3 Å². The van der Waals surface area contributed by atoms with Crippen LogP contribution in [0.4, 0.5) is 11.4 Å². The predicted molar refractivity (Wildman–Crippen MR) is 204 cm³/mol. The number of anilines is 2. The van der Waals surface area contributed by atoms with Crippen molar-refractivity contribution >= 4 is 33.4 Å². The lowest BCUT2D eigenvalue weighted by Gasteiger charge is -2.36. The van der Waals surface area contributed by atoms with Gasteiger partial charge in [0, 0.05) is 75.0 Å². The number of fused-ring (bicyclic) bond motifs is 2. The summed E-state index contributed by atoms with van der Waals surface area (Å²) >= 11 is 0. The molecule has 7 rings (SSSR count). The Labute approximate surface area is 305 Å². The molecule has 11 heteroatoms. The second kappa shape index (κ2) is 13.6. The monoisotopic (exact) mass is 717 g/mol. The van der Waals surface area contributed by atoms with Crippen LogP contribution in [0.2, 0.25) is 0 Å². The summed E-state index contributed by atoms with van der Waals surface area (Å²) in [5.74, 6) is -0.252. The van der Waals surface area contributed by atoms with Crippen LogP contribution < -0.4 is 9.21 Å². The van der Waals surface area contributed by atoms with Gasteiger partial charge in [0.2, 0.25) is 0 Å². The van der Waals surface area contributed by atoms with E-state index in [9.17, 15) is 23.1 Å². The molecule has 4 aromatic carbocycles. The first-order valence-electron chi connectivity index (χ1n) is 17.4. The van der Waals surface area contributed by atoms with Crippen molar-refractivity contribution in [2.24, 2.45) is 7.05 Å². The van der Waals surface area contributed by atoms with Crippen molar-refractivity contribution in [2.45, 2.75) is 45.8 Å². The number of carbonyl (C=O) groups excluding carboxylic acids is 2. The SMILES string of the molecule is Cc1c(C(=O)N(C)c2ccc(O)cc2)cc(-c2cc3c(cc2C(=O)N2Cc4ccccc4C[C@H]2C)CN(S(=O)(=O)N(C)c2ccccc2)CC3)n1C. The van der Waals surface area contributed by atoms with Gasteiger partial charge in [-0.3, -0.25) is 13.9 Å². The fourth-order valence-corrected chi connectivity index (χ4v) is 8.73. The summed E-state index contributed by atoms with van der Waals surface area (Å²) in [5.41, 5.74) is 8.39. The van der Waals surface area contributed by atoms with E-state index in [1.54, 1.807) is 55.4 Å². The van der Waals surface area contributed by atoms with Gasteiger partial charge >= 0.3 is 10.2 Å². The Morgan fingerprint density at radius 1 is 0.788 bits per heavy atom. The third-order valence-electron chi connectivity index (χ3n) is 10.7. The van der Waals surface area contributed by atoms with Crippen LogP contribution in [0, 0.1) is 6.92 Å². The van der Waals surface area contributed by atoms with Gasteiger partial charge in [-0.1, -0.05) is 42.5 Å². The van der Waals surface area contributed by atoms with Gasteiger partial charge in [0.05, 0.1) is 11.3 Å². The van der Waals surface area contributed by atoms with Crippen LogP contribution in [0.15, 0.2) is 97.1 Å². The highest BCUT2D eigenvalue weighted by Gasteiger charge is 2.35. The number of amides is 2. The Kier molecular flexibility index (Phi) is 9.18. The number of hydrogen-bond donors (Lipinski definition) is 1. The van der Waals surface area contributed by atoms with Crippen molar-refractivity contribution in [3.63, 3.8) is 0 Å². The number of hydrogen-bond acceptors (Lipinski definition) is 5. The lowest BCUT2D eigenvalue weighted by atomic mass is 9.90. The van der Waals surface area contributed by atoms with Crippen LogP contribution in [0.5, 0.6) is 5.75 Å². The Bertz CT molecular complexity index is 2280. The summed E-state index contributed by atoms with van der Waals surface area (Å²) in [5, 5.41) is 9.77. The van der Waals surface area contributed by atoms with Gasteiger partial charge in [0.1, 0.15) is 5.75 Å². The van der Waals surface area contributed by atoms with E-state index in [0.717, 1.165) is 34.5 Å². The van der Waals surface area contributed by atoms with Crippen LogP contribution >= 0.6 is 0 Å². The molecule has 2 aliphatic heterocycles. The van der Waals surface area contributed by atoms with Crippen molar-refractivity contribution in [3.05, 3.63) is 136 Å². The van der Waals surface area contributed by atoms with Crippen molar-refractivity contribution in [3.8, 4) is 17.0 Å². The number of benzene rings is 4. The van der Waals surface area contributed by atoms with Crippen molar-refractivity contribution in [1.82, 2.24) is 13.8 Å². The molecule has 0 aliphatic carbocycles. The summed E-state index contributed by atoms with van der Waals surface area (Å²) in [6, 6.07) is 29.3. The maximum Gasteiger partial charge on any atom is 0.304 e. The maximum absolute atomic E-state index is 14.8. The van der Waals surface area contributed by atoms with Crippen molar-refractivity contribution in [2.75, 3.05) is 29.8 Å². The molecule has 1 N–H and O–H groups in total. The molecule has 3 heterocycles. The Hall–Kier alpha value is -5.39. The van der Waals surface area contributed by atoms with E-state index in [-0.39, 0.29) is 36.7 Å². The van der Waals surface area contributed by atoms with Gasteiger partial charge in [-0.25, -0.2) is 0 Å². The number of aromatic hydroxyl groups is 1. The molecule has 52 heavy (non-hydrogen) atoms. The van der Waals surface area contributed by atoms with Crippen molar-refractivity contribution in [1.29, 1.82) is 0 Å². The predicted octanol–water partition coefficient (Wildman–Crippen LogP) is 6.31. The molecule has 10 nitrogen and oxygen atoms in total. The number of phenolic OH excluding ortho intramolecular Hbond substituents is 1. The standard InChI is InChI=1S/C41H43N5O5S/c1-27-21-29-11-9-10-12-31(29)26-46(27)41(49)38-23-32-25-45(52(50,51)44(5)34-13-7-6-8-14-34)20-19-30(32)22-37(38)39-24-36(28(2)42(39)3)40(48)43(4)33-15-17-35(47)18-16-33/h6-18,22-24,27,47H,19-21,25-26H2,1-5H3/t27-/m1/s1. The molecule has 0 saturated heterocycles. The zero-order chi connectivity index (χ0) is 36.9. The molecule has 2 amide bonds. The molecule has 5 aromatic rings. The zero-order valence-corrected chi connectivity index (χ0v) is 30.9.